The van der Waals surface area contributed by atoms with E-state index in [-0.39, 0.29) is 10.0 Å². The third kappa shape index (κ3) is 3.92. The first-order valence-corrected chi connectivity index (χ1v) is 8.44. The number of nitrogens with two attached hydrogens (primary N) is 1. The summed E-state index contributed by atoms with van der Waals surface area (Å²) in [5.41, 5.74) is 5.96. The van der Waals surface area contributed by atoms with E-state index in [1.807, 2.05) is 0 Å². The highest BCUT2D eigenvalue weighted by atomic mass is 79.9. The van der Waals surface area contributed by atoms with Gasteiger partial charge in [-0.3, -0.25) is 0 Å². The minimum atomic E-state index is -0.593. The van der Waals surface area contributed by atoms with Crippen molar-refractivity contribution >= 4 is 27.7 Å². The molecule has 1 aromatic rings. The molecular formula is C14H18BrF2NS. The molecule has 2 rings (SSSR count). The Morgan fingerprint density at radius 3 is 2.63 bits per heavy atom. The summed E-state index contributed by atoms with van der Waals surface area (Å²) in [6, 6.07) is 2.03. The fourth-order valence-electron chi connectivity index (χ4n) is 2.44. The van der Waals surface area contributed by atoms with E-state index in [0.29, 0.717) is 11.0 Å². The third-order valence-electron chi connectivity index (χ3n) is 3.51. The Hall–Kier alpha value is -0.130. The molecule has 1 fully saturated rings. The van der Waals surface area contributed by atoms with Gasteiger partial charge in [-0.05, 0) is 40.9 Å². The van der Waals surface area contributed by atoms with Gasteiger partial charge in [0.1, 0.15) is 11.6 Å². The predicted molar refractivity (Wildman–Crippen MR) is 80.3 cm³/mol. The smallest absolute Gasteiger partial charge is 0.145 e. The van der Waals surface area contributed by atoms with E-state index in [4.69, 9.17) is 5.73 Å². The van der Waals surface area contributed by atoms with Crippen molar-refractivity contribution in [2.24, 2.45) is 5.73 Å². The summed E-state index contributed by atoms with van der Waals surface area (Å²) in [5.74, 6) is -0.566. The molecule has 5 heteroatoms. The molecule has 0 aromatic heterocycles. The molecule has 1 aliphatic carbocycles. The van der Waals surface area contributed by atoms with Gasteiger partial charge < -0.3 is 5.73 Å². The Bertz CT molecular complexity index is 436. The van der Waals surface area contributed by atoms with Gasteiger partial charge in [-0.15, -0.1) is 0 Å². The van der Waals surface area contributed by atoms with Gasteiger partial charge in [-0.1, -0.05) is 19.3 Å². The molecule has 1 aromatic carbocycles. The quantitative estimate of drug-likeness (QED) is 0.790. The van der Waals surface area contributed by atoms with Crippen molar-refractivity contribution in [1.29, 1.82) is 0 Å². The van der Waals surface area contributed by atoms with Crippen LogP contribution < -0.4 is 5.73 Å². The summed E-state index contributed by atoms with van der Waals surface area (Å²) < 4.78 is 27.9. The van der Waals surface area contributed by atoms with Crippen LogP contribution in [0.25, 0.3) is 0 Å². The number of halogens is 3. The van der Waals surface area contributed by atoms with E-state index in [2.05, 4.69) is 15.9 Å². The van der Waals surface area contributed by atoms with Gasteiger partial charge in [-0.2, -0.15) is 11.8 Å². The van der Waals surface area contributed by atoms with Crippen molar-refractivity contribution in [1.82, 2.24) is 0 Å². The summed E-state index contributed by atoms with van der Waals surface area (Å²) >= 11 is 4.82. The van der Waals surface area contributed by atoms with Crippen LogP contribution in [0.2, 0.25) is 0 Å². The molecule has 1 nitrogen and oxygen atoms in total. The lowest BCUT2D eigenvalue weighted by Gasteiger charge is -2.23. The van der Waals surface area contributed by atoms with E-state index in [0.717, 1.165) is 0 Å². The van der Waals surface area contributed by atoms with E-state index < -0.39 is 17.7 Å². The van der Waals surface area contributed by atoms with Crippen LogP contribution in [-0.4, -0.2) is 11.0 Å². The average Bonchev–Trinajstić information content (AvgIpc) is 2.42. The van der Waals surface area contributed by atoms with Crippen LogP contribution in [0.4, 0.5) is 8.78 Å². The summed E-state index contributed by atoms with van der Waals surface area (Å²) in [5, 5.41) is 0.595. The molecule has 0 bridgehead atoms. The summed E-state index contributed by atoms with van der Waals surface area (Å²) in [6.07, 6.45) is 6.21. The van der Waals surface area contributed by atoms with Gasteiger partial charge in [0.25, 0.3) is 0 Å². The second-order valence-electron chi connectivity index (χ2n) is 4.96. The Labute approximate surface area is 125 Å². The molecule has 19 heavy (non-hydrogen) atoms. The van der Waals surface area contributed by atoms with Crippen LogP contribution in [-0.2, 0) is 0 Å². The van der Waals surface area contributed by atoms with Gasteiger partial charge in [0.15, 0.2) is 0 Å². The molecule has 2 N–H and O–H groups in total. The molecule has 1 aliphatic rings. The largest absolute Gasteiger partial charge is 0.323 e. The monoisotopic (exact) mass is 349 g/mol. The van der Waals surface area contributed by atoms with Crippen LogP contribution in [0.3, 0.4) is 0 Å². The Morgan fingerprint density at radius 2 is 1.95 bits per heavy atom. The Kier molecular flexibility index (Phi) is 5.66. The molecule has 0 aliphatic heterocycles. The third-order valence-corrected chi connectivity index (χ3v) is 5.62. The van der Waals surface area contributed by atoms with E-state index >= 15 is 0 Å². The van der Waals surface area contributed by atoms with Gasteiger partial charge in [0, 0.05) is 22.6 Å². The van der Waals surface area contributed by atoms with Crippen molar-refractivity contribution in [3.05, 3.63) is 33.8 Å². The molecular weight excluding hydrogens is 332 g/mol. The number of hydrogen-bond donors (Lipinski definition) is 1. The van der Waals surface area contributed by atoms with Gasteiger partial charge in [0.2, 0.25) is 0 Å². The van der Waals surface area contributed by atoms with Crippen LogP contribution in [0, 0.1) is 11.6 Å². The lowest BCUT2D eigenvalue weighted by Crippen LogP contribution is -2.19. The SMILES string of the molecule is NC(CSC1CCCCC1)c1c(F)ccc(Br)c1F. The zero-order valence-electron chi connectivity index (χ0n) is 10.7. The maximum atomic E-state index is 13.9. The molecule has 0 amide bonds. The van der Waals surface area contributed by atoms with Gasteiger partial charge in [-0.25, -0.2) is 8.78 Å². The van der Waals surface area contributed by atoms with Crippen LogP contribution in [0.15, 0.2) is 16.6 Å². The van der Waals surface area contributed by atoms with Crippen molar-refractivity contribution in [3.8, 4) is 0 Å². The predicted octanol–water partition coefficient (Wildman–Crippen LogP) is 4.79. The zero-order chi connectivity index (χ0) is 13.8. The molecule has 1 unspecified atom stereocenters. The first kappa shape index (κ1) is 15.3. The number of thioether (sulfide) groups is 1. The molecule has 0 radical (unpaired) electrons. The number of benzene rings is 1. The normalized spacial score (nSPS) is 18.5. The minimum Gasteiger partial charge on any atom is -0.323 e. The van der Waals surface area contributed by atoms with Gasteiger partial charge >= 0.3 is 0 Å². The minimum absolute atomic E-state index is 0.00214. The fraction of sp³-hybridized carbons (Fsp3) is 0.571. The van der Waals surface area contributed by atoms with E-state index in [1.165, 1.54) is 44.2 Å². The molecule has 1 saturated carbocycles. The van der Waals surface area contributed by atoms with Gasteiger partial charge in [0.05, 0.1) is 4.47 Å². The van der Waals surface area contributed by atoms with Crippen molar-refractivity contribution in [2.45, 2.75) is 43.4 Å². The first-order chi connectivity index (χ1) is 9.09. The second-order valence-corrected chi connectivity index (χ2v) is 7.14. The highest BCUT2D eigenvalue weighted by molar-refractivity contribution is 9.10. The molecule has 0 spiro atoms. The zero-order valence-corrected chi connectivity index (χ0v) is 13.1. The molecule has 0 heterocycles. The molecule has 1 atom stereocenters. The van der Waals surface area contributed by atoms with Crippen LogP contribution >= 0.6 is 27.7 Å². The maximum absolute atomic E-state index is 13.9. The topological polar surface area (TPSA) is 26.0 Å². The van der Waals surface area contributed by atoms with Crippen molar-refractivity contribution in [3.63, 3.8) is 0 Å². The summed E-state index contributed by atoms with van der Waals surface area (Å²) in [7, 11) is 0. The summed E-state index contributed by atoms with van der Waals surface area (Å²) in [4.78, 5) is 0. The molecule has 0 saturated heterocycles. The van der Waals surface area contributed by atoms with Crippen LogP contribution in [0.5, 0.6) is 0 Å². The average molecular weight is 350 g/mol. The lowest BCUT2D eigenvalue weighted by atomic mass is 10.0. The fourth-order valence-corrected chi connectivity index (χ4v) is 4.10. The lowest BCUT2D eigenvalue weighted by molar-refractivity contribution is 0.513. The Morgan fingerprint density at radius 1 is 1.26 bits per heavy atom. The highest BCUT2D eigenvalue weighted by Crippen LogP contribution is 2.32. The Balaban J connectivity index is 1.99. The second kappa shape index (κ2) is 7.04. The summed E-state index contributed by atoms with van der Waals surface area (Å²) in [6.45, 7) is 0. The highest BCUT2D eigenvalue weighted by Gasteiger charge is 2.21. The van der Waals surface area contributed by atoms with Crippen molar-refractivity contribution < 1.29 is 8.78 Å². The van der Waals surface area contributed by atoms with E-state index in [9.17, 15) is 8.78 Å². The van der Waals surface area contributed by atoms with Crippen LogP contribution in [0.1, 0.15) is 43.7 Å². The standard InChI is InChI=1S/C14H18BrF2NS/c15-10-6-7-11(16)13(14(10)17)12(18)8-19-9-4-2-1-3-5-9/h6-7,9,12H,1-5,8,18H2. The molecule has 106 valence electrons. The number of hydrogen-bond acceptors (Lipinski definition) is 2. The number of rotatable bonds is 4. The van der Waals surface area contributed by atoms with Crippen molar-refractivity contribution in [2.75, 3.05) is 5.75 Å². The first-order valence-electron chi connectivity index (χ1n) is 6.60. The maximum Gasteiger partial charge on any atom is 0.145 e. The van der Waals surface area contributed by atoms with E-state index in [1.54, 1.807) is 11.8 Å².